The topological polar surface area (TPSA) is 49.9 Å². The Balaban J connectivity index is 3.30. The summed E-state index contributed by atoms with van der Waals surface area (Å²) in [6.45, 7) is 6.64. The average molecular weight is 228 g/mol. The van der Waals surface area contributed by atoms with Crippen molar-refractivity contribution in [2.75, 3.05) is 0 Å². The van der Waals surface area contributed by atoms with Gasteiger partial charge in [0.15, 0.2) is 11.6 Å². The second kappa shape index (κ2) is 4.19. The third-order valence-electron chi connectivity index (χ3n) is 2.40. The highest BCUT2D eigenvalue weighted by Crippen LogP contribution is 2.20. The van der Waals surface area contributed by atoms with Crippen molar-refractivity contribution in [1.82, 2.24) is 4.98 Å². The monoisotopic (exact) mass is 227 g/mol. The van der Waals surface area contributed by atoms with Crippen LogP contribution in [0.5, 0.6) is 0 Å². The smallest absolute Gasteiger partial charge is 0.196 e. The summed E-state index contributed by atoms with van der Waals surface area (Å²) in [7, 11) is 0. The maximum Gasteiger partial charge on any atom is 0.196 e. The van der Waals surface area contributed by atoms with Gasteiger partial charge in [0.1, 0.15) is 0 Å². The Kier molecular flexibility index (Phi) is 3.35. The van der Waals surface area contributed by atoms with Crippen LogP contribution >= 0.6 is 11.6 Å². The number of hydrogen-bond acceptors (Lipinski definition) is 2. The minimum absolute atomic E-state index is 0.0393. The summed E-state index contributed by atoms with van der Waals surface area (Å²) < 4.78 is 0. The first-order chi connectivity index (χ1) is 6.86. The number of ketones is 2. The quantitative estimate of drug-likeness (QED) is 0.638. The van der Waals surface area contributed by atoms with Gasteiger partial charge in [-0.15, -0.1) is 11.6 Å². The van der Waals surface area contributed by atoms with Crippen molar-refractivity contribution in [2.45, 2.75) is 33.1 Å². The van der Waals surface area contributed by atoms with E-state index >= 15 is 0 Å². The molecule has 0 saturated heterocycles. The number of carbonyl (C=O) groups excluding carboxylic acids is 2. The summed E-state index contributed by atoms with van der Waals surface area (Å²) in [5.74, 6) is -0.215. The van der Waals surface area contributed by atoms with E-state index in [1.165, 1.54) is 6.92 Å². The van der Waals surface area contributed by atoms with Gasteiger partial charge in [-0.1, -0.05) is 0 Å². The molecule has 0 aliphatic carbocycles. The molecule has 0 unspecified atom stereocenters. The lowest BCUT2D eigenvalue weighted by atomic mass is 10.0. The molecule has 0 aromatic carbocycles. The zero-order valence-electron chi connectivity index (χ0n) is 9.27. The summed E-state index contributed by atoms with van der Waals surface area (Å²) in [5, 5.41) is -0.582. The van der Waals surface area contributed by atoms with Gasteiger partial charge in [0.25, 0.3) is 0 Å². The normalized spacial score (nSPS) is 12.6. The van der Waals surface area contributed by atoms with Crippen LogP contribution in [-0.2, 0) is 0 Å². The minimum atomic E-state index is -0.582. The largest absolute Gasteiger partial charge is 0.355 e. The number of aryl methyl sites for hydroxylation is 1. The summed E-state index contributed by atoms with van der Waals surface area (Å²) in [6, 6.07) is 0. The Hall–Kier alpha value is -1.09. The third kappa shape index (κ3) is 2.12. The standard InChI is InChI=1S/C11H14ClNO2/c1-5-9(8(4)14)7(3)13-10(5)11(15)6(2)12/h6,13H,1-4H3/t6-/m0/s1. The molecule has 1 aromatic rings. The van der Waals surface area contributed by atoms with Crippen LogP contribution in [0.15, 0.2) is 0 Å². The minimum Gasteiger partial charge on any atom is -0.355 e. The Bertz CT molecular complexity index is 418. The predicted molar refractivity (Wildman–Crippen MR) is 59.9 cm³/mol. The molecule has 1 rings (SSSR count). The van der Waals surface area contributed by atoms with E-state index in [1.807, 2.05) is 0 Å². The van der Waals surface area contributed by atoms with Crippen molar-refractivity contribution >= 4 is 23.2 Å². The first kappa shape index (κ1) is 12.0. The van der Waals surface area contributed by atoms with Crippen molar-refractivity contribution in [1.29, 1.82) is 0 Å². The molecule has 4 heteroatoms. The SMILES string of the molecule is CC(=O)c1c(C)[nH]c(C(=O)[C@H](C)Cl)c1C. The number of Topliss-reactive ketones (excluding diaryl/α,β-unsaturated/α-hetero) is 2. The first-order valence-electron chi connectivity index (χ1n) is 4.74. The first-order valence-corrected chi connectivity index (χ1v) is 5.18. The molecule has 82 valence electrons. The van der Waals surface area contributed by atoms with E-state index in [0.717, 1.165) is 5.69 Å². The van der Waals surface area contributed by atoms with E-state index in [9.17, 15) is 9.59 Å². The summed E-state index contributed by atoms with van der Waals surface area (Å²) in [4.78, 5) is 25.9. The van der Waals surface area contributed by atoms with Crippen LogP contribution in [0.4, 0.5) is 0 Å². The van der Waals surface area contributed by atoms with Crippen LogP contribution < -0.4 is 0 Å². The van der Waals surface area contributed by atoms with Crippen molar-refractivity contribution in [2.24, 2.45) is 0 Å². The van der Waals surface area contributed by atoms with E-state index in [-0.39, 0.29) is 11.6 Å². The van der Waals surface area contributed by atoms with Gasteiger partial charge >= 0.3 is 0 Å². The van der Waals surface area contributed by atoms with Gasteiger partial charge in [-0.3, -0.25) is 9.59 Å². The molecule has 0 radical (unpaired) electrons. The molecule has 0 fully saturated rings. The van der Waals surface area contributed by atoms with Gasteiger partial charge < -0.3 is 4.98 Å². The molecule has 0 amide bonds. The molecule has 3 nitrogen and oxygen atoms in total. The van der Waals surface area contributed by atoms with Crippen LogP contribution in [-0.4, -0.2) is 21.9 Å². The molecule has 1 aromatic heterocycles. The number of halogens is 1. The lowest BCUT2D eigenvalue weighted by Crippen LogP contribution is -2.12. The summed E-state index contributed by atoms with van der Waals surface area (Å²) in [6.07, 6.45) is 0. The predicted octanol–water partition coefficient (Wildman–Crippen LogP) is 2.64. The fourth-order valence-corrected chi connectivity index (χ4v) is 1.83. The number of aromatic amines is 1. The second-order valence-electron chi connectivity index (χ2n) is 3.66. The van der Waals surface area contributed by atoms with Gasteiger partial charge in [0.05, 0.1) is 11.1 Å². The molecule has 0 bridgehead atoms. The average Bonchev–Trinajstić information content (AvgIpc) is 2.40. The van der Waals surface area contributed by atoms with Crippen molar-refractivity contribution in [3.8, 4) is 0 Å². The molecule has 0 saturated carbocycles. The Labute approximate surface area is 93.8 Å². The number of aromatic nitrogens is 1. The highest BCUT2D eigenvalue weighted by molar-refractivity contribution is 6.33. The number of H-pyrrole nitrogens is 1. The highest BCUT2D eigenvalue weighted by atomic mass is 35.5. The van der Waals surface area contributed by atoms with Gasteiger partial charge in [-0.2, -0.15) is 0 Å². The summed E-state index contributed by atoms with van der Waals surface area (Å²) >= 11 is 5.72. The van der Waals surface area contributed by atoms with E-state index in [1.54, 1.807) is 20.8 Å². The van der Waals surface area contributed by atoms with Gasteiger partial charge in [-0.05, 0) is 33.3 Å². The molecular weight excluding hydrogens is 214 g/mol. The molecular formula is C11H14ClNO2. The zero-order chi connectivity index (χ0) is 11.7. The van der Waals surface area contributed by atoms with Crippen LogP contribution in [0.2, 0.25) is 0 Å². The number of rotatable bonds is 3. The summed E-state index contributed by atoms with van der Waals surface area (Å²) in [5.41, 5.74) is 2.45. The van der Waals surface area contributed by atoms with E-state index in [4.69, 9.17) is 11.6 Å². The van der Waals surface area contributed by atoms with E-state index < -0.39 is 5.38 Å². The molecule has 1 heterocycles. The second-order valence-corrected chi connectivity index (χ2v) is 4.32. The number of alkyl halides is 1. The Morgan fingerprint density at radius 3 is 2.20 bits per heavy atom. The fraction of sp³-hybridized carbons (Fsp3) is 0.455. The highest BCUT2D eigenvalue weighted by Gasteiger charge is 2.22. The zero-order valence-corrected chi connectivity index (χ0v) is 10.0. The van der Waals surface area contributed by atoms with Gasteiger partial charge in [-0.25, -0.2) is 0 Å². The lowest BCUT2D eigenvalue weighted by Gasteiger charge is -2.01. The van der Waals surface area contributed by atoms with Gasteiger partial charge in [0, 0.05) is 11.3 Å². The molecule has 1 N–H and O–H groups in total. The van der Waals surface area contributed by atoms with Crippen LogP contribution in [0.1, 0.15) is 46.0 Å². The third-order valence-corrected chi connectivity index (χ3v) is 2.60. The Morgan fingerprint density at radius 1 is 1.33 bits per heavy atom. The van der Waals surface area contributed by atoms with Crippen LogP contribution in [0.3, 0.4) is 0 Å². The number of hydrogen-bond donors (Lipinski definition) is 1. The number of nitrogens with one attached hydrogen (secondary N) is 1. The molecule has 0 aliphatic rings. The molecule has 1 atom stereocenters. The molecule has 15 heavy (non-hydrogen) atoms. The van der Waals surface area contributed by atoms with Crippen LogP contribution in [0, 0.1) is 13.8 Å². The van der Waals surface area contributed by atoms with E-state index in [0.29, 0.717) is 16.8 Å². The van der Waals surface area contributed by atoms with Crippen molar-refractivity contribution < 1.29 is 9.59 Å². The van der Waals surface area contributed by atoms with Crippen LogP contribution in [0.25, 0.3) is 0 Å². The maximum absolute atomic E-state index is 11.7. The number of carbonyl (C=O) groups is 2. The Morgan fingerprint density at radius 2 is 1.87 bits per heavy atom. The van der Waals surface area contributed by atoms with E-state index in [2.05, 4.69) is 4.98 Å². The van der Waals surface area contributed by atoms with Crippen molar-refractivity contribution in [3.63, 3.8) is 0 Å². The fourth-order valence-electron chi connectivity index (χ4n) is 1.72. The van der Waals surface area contributed by atoms with Gasteiger partial charge in [0.2, 0.25) is 0 Å². The molecule has 0 aliphatic heterocycles. The molecule has 0 spiro atoms. The maximum atomic E-state index is 11.7. The van der Waals surface area contributed by atoms with Crippen molar-refractivity contribution in [3.05, 3.63) is 22.5 Å². The lowest BCUT2D eigenvalue weighted by molar-refractivity contribution is 0.0986.